The highest BCUT2D eigenvalue weighted by Crippen LogP contribution is 2.21. The molecule has 0 radical (unpaired) electrons. The van der Waals surface area contributed by atoms with Crippen molar-refractivity contribution < 1.29 is 14.4 Å². The maximum absolute atomic E-state index is 12.0. The maximum Gasteiger partial charge on any atom is 0.254 e. The second-order valence-corrected chi connectivity index (χ2v) is 4.75. The molecule has 16 heavy (non-hydrogen) atoms. The third kappa shape index (κ3) is 2.19. The number of carbonyl (C=O) groups excluding carboxylic acids is 3. The van der Waals surface area contributed by atoms with Crippen LogP contribution >= 0.6 is 0 Å². The number of imide groups is 1. The Morgan fingerprint density at radius 3 is 2.06 bits per heavy atom. The topological polar surface area (TPSA) is 80.5 Å². The van der Waals surface area contributed by atoms with Gasteiger partial charge in [0, 0.05) is 24.1 Å². The molecule has 2 amide bonds. The molecule has 1 aliphatic rings. The average Bonchev–Trinajstić information content (AvgIpc) is 2.49. The fourth-order valence-corrected chi connectivity index (χ4v) is 1.55. The molecule has 0 saturated carbocycles. The summed E-state index contributed by atoms with van der Waals surface area (Å²) in [6.45, 7) is 5.15. The van der Waals surface area contributed by atoms with Gasteiger partial charge in [-0.15, -0.1) is 0 Å². The summed E-state index contributed by atoms with van der Waals surface area (Å²) in [5, 5.41) is 0. The minimum atomic E-state index is -0.866. The number of amides is 2. The van der Waals surface area contributed by atoms with Crippen LogP contribution in [0.3, 0.4) is 0 Å². The molecule has 88 valence electrons. The Balaban J connectivity index is 2.96. The van der Waals surface area contributed by atoms with E-state index in [0.29, 0.717) is 0 Å². The van der Waals surface area contributed by atoms with Gasteiger partial charge in [-0.05, 0) is 0 Å². The molecular formula is C11H16N2O3. The highest BCUT2D eigenvalue weighted by Gasteiger charge is 2.39. The van der Waals surface area contributed by atoms with Crippen molar-refractivity contribution in [3.05, 3.63) is 12.2 Å². The maximum atomic E-state index is 12.0. The zero-order valence-corrected chi connectivity index (χ0v) is 9.69. The molecule has 5 heteroatoms. The molecule has 0 aliphatic carbocycles. The van der Waals surface area contributed by atoms with Gasteiger partial charge in [-0.25, -0.2) is 0 Å². The fraction of sp³-hybridized carbons (Fsp3) is 0.545. The number of nitrogens with zero attached hydrogens (tertiary/aromatic N) is 1. The van der Waals surface area contributed by atoms with Crippen LogP contribution in [0, 0.1) is 5.41 Å². The fourth-order valence-electron chi connectivity index (χ4n) is 1.55. The van der Waals surface area contributed by atoms with Crippen LogP contribution in [0.1, 0.15) is 20.8 Å². The summed E-state index contributed by atoms with van der Waals surface area (Å²) in [7, 11) is 0. The van der Waals surface area contributed by atoms with Gasteiger partial charge in [0.2, 0.25) is 0 Å². The highest BCUT2D eigenvalue weighted by molar-refractivity contribution is 6.15. The van der Waals surface area contributed by atoms with Crippen LogP contribution < -0.4 is 5.73 Å². The summed E-state index contributed by atoms with van der Waals surface area (Å²) in [5.41, 5.74) is 4.85. The number of ketones is 1. The Kier molecular flexibility index (Phi) is 3.28. The number of Topliss-reactive ketones (excluding diaryl/α,β-unsaturated/α-hetero) is 1. The molecule has 0 spiro atoms. The Labute approximate surface area is 94.3 Å². The van der Waals surface area contributed by atoms with E-state index in [1.54, 1.807) is 20.8 Å². The van der Waals surface area contributed by atoms with E-state index in [1.165, 1.54) is 0 Å². The van der Waals surface area contributed by atoms with E-state index in [9.17, 15) is 14.4 Å². The summed E-state index contributed by atoms with van der Waals surface area (Å²) >= 11 is 0. The summed E-state index contributed by atoms with van der Waals surface area (Å²) in [4.78, 5) is 35.8. The number of carbonyl (C=O) groups is 3. The Morgan fingerprint density at radius 2 is 1.75 bits per heavy atom. The Morgan fingerprint density at radius 1 is 1.31 bits per heavy atom. The predicted molar refractivity (Wildman–Crippen MR) is 58.3 cm³/mol. The minimum Gasteiger partial charge on any atom is -0.328 e. The van der Waals surface area contributed by atoms with Crippen LogP contribution in [0.2, 0.25) is 0 Å². The van der Waals surface area contributed by atoms with E-state index in [4.69, 9.17) is 5.73 Å². The predicted octanol–water partition coefficient (Wildman–Crippen LogP) is -0.146. The van der Waals surface area contributed by atoms with E-state index >= 15 is 0 Å². The molecule has 0 unspecified atom stereocenters. The van der Waals surface area contributed by atoms with Gasteiger partial charge in [-0.3, -0.25) is 19.3 Å². The van der Waals surface area contributed by atoms with Crippen LogP contribution in [-0.2, 0) is 14.4 Å². The molecule has 0 fully saturated rings. The zero-order valence-electron chi connectivity index (χ0n) is 9.69. The van der Waals surface area contributed by atoms with E-state index in [-0.39, 0.29) is 12.3 Å². The molecule has 2 N–H and O–H groups in total. The Hall–Kier alpha value is -1.49. The molecule has 1 aliphatic heterocycles. The molecule has 0 bridgehead atoms. The first-order valence-electron chi connectivity index (χ1n) is 5.08. The first-order valence-corrected chi connectivity index (χ1v) is 5.08. The molecule has 5 nitrogen and oxygen atoms in total. The molecule has 0 aromatic rings. The summed E-state index contributed by atoms with van der Waals surface area (Å²) in [6, 6.07) is -0.866. The van der Waals surface area contributed by atoms with Crippen molar-refractivity contribution in [1.82, 2.24) is 4.90 Å². The summed E-state index contributed by atoms with van der Waals surface area (Å²) in [6.07, 6.45) is 2.31. The van der Waals surface area contributed by atoms with Crippen LogP contribution in [-0.4, -0.2) is 35.1 Å². The van der Waals surface area contributed by atoms with Gasteiger partial charge in [-0.2, -0.15) is 0 Å². The Bertz CT molecular complexity index is 348. The van der Waals surface area contributed by atoms with Crippen molar-refractivity contribution in [2.24, 2.45) is 11.1 Å². The quantitative estimate of drug-likeness (QED) is 0.676. The summed E-state index contributed by atoms with van der Waals surface area (Å²) in [5.74, 6) is -1.16. The van der Waals surface area contributed by atoms with Gasteiger partial charge in [0.1, 0.15) is 6.04 Å². The number of nitrogens with two attached hydrogens (primary N) is 1. The number of rotatable bonds is 3. The van der Waals surface area contributed by atoms with Crippen molar-refractivity contribution in [1.29, 1.82) is 0 Å². The normalized spacial score (nSPS) is 18.1. The molecule has 0 saturated heterocycles. The lowest BCUT2D eigenvalue weighted by atomic mass is 9.86. The second-order valence-electron chi connectivity index (χ2n) is 4.75. The van der Waals surface area contributed by atoms with Crippen LogP contribution in [0.25, 0.3) is 0 Å². The van der Waals surface area contributed by atoms with Gasteiger partial charge < -0.3 is 5.73 Å². The van der Waals surface area contributed by atoms with E-state index in [2.05, 4.69) is 0 Å². The lowest BCUT2D eigenvalue weighted by molar-refractivity contribution is -0.146. The van der Waals surface area contributed by atoms with Gasteiger partial charge in [0.25, 0.3) is 11.8 Å². The van der Waals surface area contributed by atoms with E-state index in [0.717, 1.165) is 17.1 Å². The van der Waals surface area contributed by atoms with Gasteiger partial charge in [0.15, 0.2) is 5.78 Å². The van der Waals surface area contributed by atoms with Crippen molar-refractivity contribution in [2.75, 3.05) is 6.54 Å². The lowest BCUT2D eigenvalue weighted by Crippen LogP contribution is -2.52. The monoisotopic (exact) mass is 224 g/mol. The van der Waals surface area contributed by atoms with Gasteiger partial charge in [-0.1, -0.05) is 20.8 Å². The van der Waals surface area contributed by atoms with E-state index in [1.807, 2.05) is 0 Å². The standard InChI is InChI=1S/C11H16N2O3/c1-11(2,3)10(16)7(6-12)13-8(14)4-5-9(13)15/h4-5,7H,6,12H2,1-3H3/t7-/m0/s1. The second kappa shape index (κ2) is 4.17. The van der Waals surface area contributed by atoms with Crippen molar-refractivity contribution in [2.45, 2.75) is 26.8 Å². The van der Waals surface area contributed by atoms with Gasteiger partial charge in [0.05, 0.1) is 0 Å². The number of hydrogen-bond acceptors (Lipinski definition) is 4. The molecular weight excluding hydrogens is 208 g/mol. The highest BCUT2D eigenvalue weighted by atomic mass is 16.2. The van der Waals surface area contributed by atoms with Crippen LogP contribution in [0.15, 0.2) is 12.2 Å². The van der Waals surface area contributed by atoms with Crippen molar-refractivity contribution in [3.8, 4) is 0 Å². The van der Waals surface area contributed by atoms with Crippen LogP contribution in [0.5, 0.6) is 0 Å². The lowest BCUT2D eigenvalue weighted by Gasteiger charge is -2.29. The van der Waals surface area contributed by atoms with Gasteiger partial charge >= 0.3 is 0 Å². The molecule has 1 rings (SSSR count). The zero-order chi connectivity index (χ0) is 12.5. The minimum absolute atomic E-state index is 0.0464. The van der Waals surface area contributed by atoms with Crippen LogP contribution in [0.4, 0.5) is 0 Å². The van der Waals surface area contributed by atoms with Crippen molar-refractivity contribution >= 4 is 17.6 Å². The van der Waals surface area contributed by atoms with Crippen molar-refractivity contribution in [3.63, 3.8) is 0 Å². The third-order valence-corrected chi connectivity index (χ3v) is 2.42. The molecule has 1 atom stereocenters. The first-order chi connectivity index (χ1) is 7.29. The summed E-state index contributed by atoms with van der Waals surface area (Å²) < 4.78 is 0. The third-order valence-electron chi connectivity index (χ3n) is 2.42. The SMILES string of the molecule is CC(C)(C)C(=O)[C@H](CN)N1C(=O)C=CC1=O. The molecule has 1 heterocycles. The first kappa shape index (κ1) is 12.6. The van der Waals surface area contributed by atoms with E-state index < -0.39 is 23.3 Å². The smallest absolute Gasteiger partial charge is 0.254 e. The molecule has 0 aromatic carbocycles. The average molecular weight is 224 g/mol. The number of hydrogen-bond donors (Lipinski definition) is 1. The molecule has 0 aromatic heterocycles. The largest absolute Gasteiger partial charge is 0.328 e.